The van der Waals surface area contributed by atoms with Crippen molar-refractivity contribution in [3.8, 4) is 0 Å². The first-order valence-electron chi connectivity index (χ1n) is 7.21. The number of ether oxygens (including phenoxy) is 1. The van der Waals surface area contributed by atoms with Crippen LogP contribution in [-0.4, -0.2) is 62.5 Å². The summed E-state index contributed by atoms with van der Waals surface area (Å²) in [5.74, 6) is 0.230. The maximum Gasteiger partial charge on any atom is 0.407 e. The zero-order chi connectivity index (χ0) is 17.3. The number of carboxylic acids is 1. The molecule has 2 aliphatic rings. The monoisotopic (exact) mass is 359 g/mol. The van der Waals surface area contributed by atoms with Gasteiger partial charge in [-0.15, -0.1) is 23.5 Å². The second-order valence-corrected chi connectivity index (χ2v) is 8.61. The number of hydrogen-bond donors (Lipinski definition) is 2. The fourth-order valence-electron chi connectivity index (χ4n) is 1.91. The van der Waals surface area contributed by atoms with Crippen LogP contribution in [0.5, 0.6) is 0 Å². The summed E-state index contributed by atoms with van der Waals surface area (Å²) in [6.45, 7) is 7.34. The highest BCUT2D eigenvalue weighted by molar-refractivity contribution is 8.16. The number of aliphatic carboxylic acids is 1. The van der Waals surface area contributed by atoms with E-state index in [2.05, 4.69) is 15.3 Å². The van der Waals surface area contributed by atoms with Crippen molar-refractivity contribution in [1.82, 2.24) is 5.32 Å². The van der Waals surface area contributed by atoms with Gasteiger partial charge in [-0.2, -0.15) is 0 Å². The summed E-state index contributed by atoms with van der Waals surface area (Å²) in [6.07, 6.45) is -0.477. The number of carbonyl (C=O) groups is 2. The molecule has 23 heavy (non-hydrogen) atoms. The summed E-state index contributed by atoms with van der Waals surface area (Å²) >= 11 is 2.99. The SMILES string of the molecule is CC(C)(C)OC(=O)NCC1=NC(C2=NC(C)(C(=O)O)CS2)CS1. The van der Waals surface area contributed by atoms with Crippen molar-refractivity contribution in [3.63, 3.8) is 0 Å². The zero-order valence-corrected chi connectivity index (χ0v) is 15.2. The van der Waals surface area contributed by atoms with E-state index in [4.69, 9.17) is 4.74 Å². The molecule has 0 aliphatic carbocycles. The first-order chi connectivity index (χ1) is 10.6. The lowest BCUT2D eigenvalue weighted by atomic mass is 10.1. The van der Waals surface area contributed by atoms with Gasteiger partial charge in [0.15, 0.2) is 5.54 Å². The summed E-state index contributed by atoms with van der Waals surface area (Å²) in [5.41, 5.74) is -1.59. The number of carbonyl (C=O) groups excluding carboxylic acids is 1. The number of hydrogen-bond acceptors (Lipinski definition) is 7. The summed E-state index contributed by atoms with van der Waals surface area (Å²) in [7, 11) is 0. The van der Waals surface area contributed by atoms with Gasteiger partial charge in [-0.3, -0.25) is 9.98 Å². The Kier molecular flexibility index (Phi) is 5.30. The van der Waals surface area contributed by atoms with Crippen LogP contribution in [0, 0.1) is 0 Å². The topological polar surface area (TPSA) is 100 Å². The van der Waals surface area contributed by atoms with Crippen LogP contribution in [0.25, 0.3) is 0 Å². The van der Waals surface area contributed by atoms with Crippen LogP contribution in [-0.2, 0) is 9.53 Å². The highest BCUT2D eigenvalue weighted by Crippen LogP contribution is 2.33. The van der Waals surface area contributed by atoms with Gasteiger partial charge < -0.3 is 15.2 Å². The van der Waals surface area contributed by atoms with Gasteiger partial charge in [-0.25, -0.2) is 9.59 Å². The Hall–Kier alpha value is -1.22. The van der Waals surface area contributed by atoms with E-state index in [1.165, 1.54) is 11.8 Å². The van der Waals surface area contributed by atoms with Gasteiger partial charge in [0, 0.05) is 11.5 Å². The minimum atomic E-state index is -1.06. The first kappa shape index (κ1) is 18.1. The Bertz CT molecular complexity index is 571. The van der Waals surface area contributed by atoms with Crippen molar-refractivity contribution < 1.29 is 19.4 Å². The molecule has 128 valence electrons. The molecule has 0 spiro atoms. The van der Waals surface area contributed by atoms with E-state index < -0.39 is 23.2 Å². The fraction of sp³-hybridized carbons (Fsp3) is 0.714. The molecule has 0 radical (unpaired) electrons. The lowest BCUT2D eigenvalue weighted by Gasteiger charge is -2.19. The number of amides is 1. The van der Waals surface area contributed by atoms with Crippen molar-refractivity contribution in [3.05, 3.63) is 0 Å². The van der Waals surface area contributed by atoms with E-state index in [0.29, 0.717) is 18.1 Å². The molecule has 2 aliphatic heterocycles. The molecule has 2 rings (SSSR count). The van der Waals surface area contributed by atoms with Gasteiger partial charge >= 0.3 is 12.1 Å². The average Bonchev–Trinajstić information content (AvgIpc) is 3.01. The lowest BCUT2D eigenvalue weighted by molar-refractivity contribution is -0.141. The normalized spacial score (nSPS) is 27.4. The molecule has 0 bridgehead atoms. The second-order valence-electron chi connectivity index (χ2n) is 6.52. The Morgan fingerprint density at radius 3 is 2.70 bits per heavy atom. The average molecular weight is 359 g/mol. The third kappa shape index (κ3) is 4.87. The van der Waals surface area contributed by atoms with Crippen LogP contribution in [0.1, 0.15) is 27.7 Å². The minimum Gasteiger partial charge on any atom is -0.479 e. The van der Waals surface area contributed by atoms with Gasteiger partial charge in [-0.05, 0) is 27.7 Å². The molecule has 1 amide bonds. The Balaban J connectivity index is 1.90. The standard InChI is InChI=1S/C14H21N3O4S2/c1-13(2,3)21-12(20)15-5-9-16-8(6-22-9)10-17-14(4,7-23-10)11(18)19/h8H,5-7H2,1-4H3,(H,15,20)(H,18,19). The second kappa shape index (κ2) is 6.72. The van der Waals surface area contributed by atoms with Crippen LogP contribution >= 0.6 is 23.5 Å². The van der Waals surface area contributed by atoms with Crippen LogP contribution in [0.4, 0.5) is 4.79 Å². The quantitative estimate of drug-likeness (QED) is 0.796. The maximum atomic E-state index is 11.6. The number of nitrogens with zero attached hydrogens (tertiary/aromatic N) is 2. The van der Waals surface area contributed by atoms with E-state index in [0.717, 1.165) is 10.1 Å². The van der Waals surface area contributed by atoms with Crippen molar-refractivity contribution in [2.75, 3.05) is 18.1 Å². The molecule has 0 aromatic heterocycles. The van der Waals surface area contributed by atoms with Crippen molar-refractivity contribution in [2.45, 2.75) is 44.9 Å². The maximum absolute atomic E-state index is 11.6. The van der Waals surface area contributed by atoms with Crippen molar-refractivity contribution in [1.29, 1.82) is 0 Å². The van der Waals surface area contributed by atoms with E-state index in [1.54, 1.807) is 39.5 Å². The predicted octanol–water partition coefficient (Wildman–Crippen LogP) is 2.01. The molecule has 2 atom stereocenters. The van der Waals surface area contributed by atoms with E-state index >= 15 is 0 Å². The molecule has 0 saturated heterocycles. The Labute approximate surface area is 143 Å². The van der Waals surface area contributed by atoms with Gasteiger partial charge in [0.25, 0.3) is 0 Å². The molecular formula is C14H21N3O4S2. The molecule has 2 heterocycles. The van der Waals surface area contributed by atoms with Crippen LogP contribution in [0.2, 0.25) is 0 Å². The number of thioether (sulfide) groups is 2. The smallest absolute Gasteiger partial charge is 0.407 e. The summed E-state index contributed by atoms with van der Waals surface area (Å²) in [4.78, 5) is 31.7. The molecule has 7 nitrogen and oxygen atoms in total. The lowest BCUT2D eigenvalue weighted by Crippen LogP contribution is -2.34. The van der Waals surface area contributed by atoms with Crippen LogP contribution < -0.4 is 5.32 Å². The largest absolute Gasteiger partial charge is 0.479 e. The zero-order valence-electron chi connectivity index (χ0n) is 13.6. The minimum absolute atomic E-state index is 0.124. The Morgan fingerprint density at radius 1 is 1.43 bits per heavy atom. The predicted molar refractivity (Wildman–Crippen MR) is 93.9 cm³/mol. The van der Waals surface area contributed by atoms with E-state index in [9.17, 15) is 14.7 Å². The molecule has 0 aromatic carbocycles. The van der Waals surface area contributed by atoms with E-state index in [-0.39, 0.29) is 6.04 Å². The molecule has 2 N–H and O–H groups in total. The number of nitrogens with one attached hydrogen (secondary N) is 1. The third-order valence-corrected chi connectivity index (χ3v) is 5.53. The fourth-order valence-corrected chi connectivity index (χ4v) is 4.19. The highest BCUT2D eigenvalue weighted by atomic mass is 32.2. The molecule has 0 fully saturated rings. The van der Waals surface area contributed by atoms with Crippen molar-refractivity contribution in [2.24, 2.45) is 9.98 Å². The summed E-state index contributed by atoms with van der Waals surface area (Å²) in [6, 6.07) is -0.124. The molecule has 2 unspecified atom stereocenters. The van der Waals surface area contributed by atoms with Gasteiger partial charge in [0.05, 0.1) is 16.6 Å². The van der Waals surface area contributed by atoms with Gasteiger partial charge in [-0.1, -0.05) is 0 Å². The molecule has 0 saturated carbocycles. The van der Waals surface area contributed by atoms with Gasteiger partial charge in [0.2, 0.25) is 0 Å². The molecule has 0 aromatic rings. The summed E-state index contributed by atoms with van der Waals surface area (Å²) < 4.78 is 5.17. The molecule has 9 heteroatoms. The number of alkyl carbamates (subject to hydrolysis) is 1. The number of rotatable bonds is 4. The molecular weight excluding hydrogens is 338 g/mol. The first-order valence-corrected chi connectivity index (χ1v) is 9.18. The van der Waals surface area contributed by atoms with Crippen LogP contribution in [0.15, 0.2) is 9.98 Å². The van der Waals surface area contributed by atoms with Crippen LogP contribution in [0.3, 0.4) is 0 Å². The van der Waals surface area contributed by atoms with Crippen molar-refractivity contribution >= 4 is 45.7 Å². The Morgan fingerprint density at radius 2 is 2.13 bits per heavy atom. The summed E-state index contributed by atoms with van der Waals surface area (Å²) in [5, 5.41) is 13.4. The number of carboxylic acid groups (broad SMARTS) is 1. The van der Waals surface area contributed by atoms with E-state index in [1.807, 2.05) is 0 Å². The van der Waals surface area contributed by atoms with Gasteiger partial charge in [0.1, 0.15) is 11.6 Å². The highest BCUT2D eigenvalue weighted by Gasteiger charge is 2.40. The third-order valence-electron chi connectivity index (χ3n) is 3.09. The number of aliphatic imine (C=N–C) groups is 2.